The molecule has 0 bridgehead atoms. The summed E-state index contributed by atoms with van der Waals surface area (Å²) in [6.07, 6.45) is 4.87. The molecule has 1 unspecified atom stereocenters. The minimum Gasteiger partial charge on any atom is -0.396 e. The van der Waals surface area contributed by atoms with Crippen molar-refractivity contribution in [1.29, 1.82) is 0 Å². The molecule has 0 aliphatic rings. The van der Waals surface area contributed by atoms with Gasteiger partial charge in [-0.1, -0.05) is 6.92 Å². The zero-order chi connectivity index (χ0) is 11.4. The Morgan fingerprint density at radius 2 is 2.38 bits per heavy atom. The second kappa shape index (κ2) is 4.84. The van der Waals surface area contributed by atoms with Crippen LogP contribution in [0.5, 0.6) is 0 Å². The highest BCUT2D eigenvalue weighted by atomic mass is 16.3. The Morgan fingerprint density at radius 1 is 1.50 bits per heavy atom. The summed E-state index contributed by atoms with van der Waals surface area (Å²) in [5.74, 6) is 0.739. The van der Waals surface area contributed by atoms with Gasteiger partial charge in [0.1, 0.15) is 0 Å². The van der Waals surface area contributed by atoms with E-state index in [1.807, 2.05) is 0 Å². The van der Waals surface area contributed by atoms with E-state index in [4.69, 9.17) is 5.11 Å². The number of aromatic nitrogens is 5. The van der Waals surface area contributed by atoms with Gasteiger partial charge in [-0.3, -0.25) is 4.98 Å². The summed E-state index contributed by atoms with van der Waals surface area (Å²) in [6, 6.07) is 0.196. The predicted molar refractivity (Wildman–Crippen MR) is 58.0 cm³/mol. The number of aliphatic hydroxyl groups excluding tert-OH is 1. The van der Waals surface area contributed by atoms with Crippen LogP contribution >= 0.6 is 0 Å². The third kappa shape index (κ3) is 2.08. The average molecular weight is 222 g/mol. The van der Waals surface area contributed by atoms with Gasteiger partial charge in [-0.05, 0) is 23.3 Å². The molecule has 0 spiro atoms. The standard InChI is InChI=1S/C9H14N6O/c1-2-7(3-4-16)11-8-5-10-6-9-12-13-14-15(8)9/h5-7,11,16H,2-4H2,1H3. The second-order valence-corrected chi connectivity index (χ2v) is 3.50. The van der Waals surface area contributed by atoms with Gasteiger partial charge in [-0.25, -0.2) is 0 Å². The van der Waals surface area contributed by atoms with Crippen molar-refractivity contribution in [1.82, 2.24) is 25.0 Å². The van der Waals surface area contributed by atoms with Gasteiger partial charge in [0.15, 0.2) is 11.5 Å². The van der Waals surface area contributed by atoms with E-state index >= 15 is 0 Å². The first-order valence-electron chi connectivity index (χ1n) is 5.24. The summed E-state index contributed by atoms with van der Waals surface area (Å²) < 4.78 is 1.59. The third-order valence-electron chi connectivity index (χ3n) is 2.43. The summed E-state index contributed by atoms with van der Waals surface area (Å²) in [6.45, 7) is 2.21. The van der Waals surface area contributed by atoms with Crippen LogP contribution in [-0.4, -0.2) is 42.8 Å². The maximum atomic E-state index is 8.92. The Kier molecular flexibility index (Phi) is 3.25. The summed E-state index contributed by atoms with van der Waals surface area (Å²) in [4.78, 5) is 4.04. The normalized spacial score (nSPS) is 12.9. The molecule has 0 saturated carbocycles. The van der Waals surface area contributed by atoms with E-state index in [9.17, 15) is 0 Å². The maximum absolute atomic E-state index is 8.92. The number of fused-ring (bicyclic) bond motifs is 1. The lowest BCUT2D eigenvalue weighted by atomic mass is 10.1. The van der Waals surface area contributed by atoms with Crippen LogP contribution in [0.1, 0.15) is 19.8 Å². The van der Waals surface area contributed by atoms with Crippen LogP contribution in [0.4, 0.5) is 5.82 Å². The Balaban J connectivity index is 2.22. The third-order valence-corrected chi connectivity index (χ3v) is 2.43. The van der Waals surface area contributed by atoms with Gasteiger partial charge in [0.25, 0.3) is 0 Å². The molecule has 2 N–H and O–H groups in total. The van der Waals surface area contributed by atoms with E-state index in [0.717, 1.165) is 12.2 Å². The molecule has 2 aromatic heterocycles. The molecule has 0 fully saturated rings. The molecule has 0 aromatic carbocycles. The molecule has 0 radical (unpaired) electrons. The molecule has 16 heavy (non-hydrogen) atoms. The van der Waals surface area contributed by atoms with Crippen molar-refractivity contribution in [3.8, 4) is 0 Å². The fraction of sp³-hybridized carbons (Fsp3) is 0.556. The zero-order valence-electron chi connectivity index (χ0n) is 9.04. The summed E-state index contributed by atoms with van der Waals surface area (Å²) in [5, 5.41) is 23.4. The summed E-state index contributed by atoms with van der Waals surface area (Å²) in [5.41, 5.74) is 0.601. The number of nitrogens with zero attached hydrogens (tertiary/aromatic N) is 5. The van der Waals surface area contributed by atoms with Crippen LogP contribution in [0.2, 0.25) is 0 Å². The zero-order valence-corrected chi connectivity index (χ0v) is 9.04. The molecule has 1 atom stereocenters. The molecule has 7 nitrogen and oxygen atoms in total. The minimum absolute atomic E-state index is 0.157. The fourth-order valence-electron chi connectivity index (χ4n) is 1.52. The number of tetrazole rings is 1. The second-order valence-electron chi connectivity index (χ2n) is 3.50. The van der Waals surface area contributed by atoms with Gasteiger partial charge >= 0.3 is 0 Å². The lowest BCUT2D eigenvalue weighted by molar-refractivity contribution is 0.278. The lowest BCUT2D eigenvalue weighted by Gasteiger charge is -2.16. The number of anilines is 1. The first-order valence-corrected chi connectivity index (χ1v) is 5.24. The van der Waals surface area contributed by atoms with Gasteiger partial charge in [0.05, 0.1) is 12.4 Å². The van der Waals surface area contributed by atoms with E-state index in [2.05, 4.69) is 32.7 Å². The molecule has 0 amide bonds. The van der Waals surface area contributed by atoms with Crippen molar-refractivity contribution < 1.29 is 5.11 Å². The van der Waals surface area contributed by atoms with Crippen molar-refractivity contribution in [2.45, 2.75) is 25.8 Å². The smallest absolute Gasteiger partial charge is 0.199 e. The molecule has 0 aliphatic heterocycles. The number of nitrogens with one attached hydrogen (secondary N) is 1. The van der Waals surface area contributed by atoms with E-state index in [1.54, 1.807) is 16.9 Å². The monoisotopic (exact) mass is 222 g/mol. The Hall–Kier alpha value is -1.76. The van der Waals surface area contributed by atoms with E-state index < -0.39 is 0 Å². The van der Waals surface area contributed by atoms with Crippen molar-refractivity contribution in [2.24, 2.45) is 0 Å². The first kappa shape index (κ1) is 10.7. The molecule has 0 saturated heterocycles. The number of aliphatic hydroxyl groups is 1. The summed E-state index contributed by atoms with van der Waals surface area (Å²) >= 11 is 0. The number of hydrogen-bond donors (Lipinski definition) is 2. The van der Waals surface area contributed by atoms with Crippen molar-refractivity contribution in [2.75, 3.05) is 11.9 Å². The van der Waals surface area contributed by atoms with Crippen molar-refractivity contribution >= 4 is 11.5 Å². The molecular formula is C9H14N6O. The maximum Gasteiger partial charge on any atom is 0.199 e. The van der Waals surface area contributed by atoms with E-state index in [1.165, 1.54) is 0 Å². The molecular weight excluding hydrogens is 208 g/mol. The fourth-order valence-corrected chi connectivity index (χ4v) is 1.52. The highest BCUT2D eigenvalue weighted by molar-refractivity contribution is 5.44. The molecule has 2 rings (SSSR count). The number of rotatable bonds is 5. The highest BCUT2D eigenvalue weighted by Gasteiger charge is 2.09. The molecule has 0 aliphatic carbocycles. The van der Waals surface area contributed by atoms with Gasteiger partial charge in [-0.2, -0.15) is 4.52 Å². The molecule has 86 valence electrons. The van der Waals surface area contributed by atoms with Crippen LogP contribution in [0, 0.1) is 0 Å². The SMILES string of the molecule is CCC(CCO)Nc1cncc2nnnn12. The van der Waals surface area contributed by atoms with Gasteiger partial charge in [0.2, 0.25) is 0 Å². The topological polar surface area (TPSA) is 88.2 Å². The first-order chi connectivity index (χ1) is 7.85. The van der Waals surface area contributed by atoms with E-state index in [-0.39, 0.29) is 12.6 Å². The van der Waals surface area contributed by atoms with Crippen LogP contribution in [0.15, 0.2) is 12.4 Å². The Labute approximate surface area is 92.5 Å². The largest absolute Gasteiger partial charge is 0.396 e. The summed E-state index contributed by atoms with van der Waals surface area (Å²) in [7, 11) is 0. The minimum atomic E-state index is 0.157. The number of hydrogen-bond acceptors (Lipinski definition) is 6. The lowest BCUT2D eigenvalue weighted by Crippen LogP contribution is -2.21. The van der Waals surface area contributed by atoms with Crippen molar-refractivity contribution in [3.05, 3.63) is 12.4 Å². The van der Waals surface area contributed by atoms with Crippen LogP contribution in [0.25, 0.3) is 5.65 Å². The van der Waals surface area contributed by atoms with Crippen LogP contribution in [-0.2, 0) is 0 Å². The van der Waals surface area contributed by atoms with Gasteiger partial charge in [-0.15, -0.1) is 5.10 Å². The van der Waals surface area contributed by atoms with E-state index in [0.29, 0.717) is 12.1 Å². The van der Waals surface area contributed by atoms with Crippen LogP contribution in [0.3, 0.4) is 0 Å². The average Bonchev–Trinajstić information content (AvgIpc) is 2.77. The van der Waals surface area contributed by atoms with Gasteiger partial charge in [0, 0.05) is 12.6 Å². The molecule has 2 heterocycles. The Morgan fingerprint density at radius 3 is 3.12 bits per heavy atom. The predicted octanol–water partition coefficient (Wildman–Crippen LogP) is 0.0922. The van der Waals surface area contributed by atoms with Gasteiger partial charge < -0.3 is 10.4 Å². The van der Waals surface area contributed by atoms with Crippen molar-refractivity contribution in [3.63, 3.8) is 0 Å². The quantitative estimate of drug-likeness (QED) is 0.745. The Bertz CT molecular complexity index is 456. The molecule has 2 aromatic rings. The molecule has 7 heteroatoms. The van der Waals surface area contributed by atoms with Crippen LogP contribution < -0.4 is 5.32 Å². The highest BCUT2D eigenvalue weighted by Crippen LogP contribution is 2.10.